The number of benzene rings is 2. The van der Waals surface area contributed by atoms with E-state index in [1.54, 1.807) is 18.2 Å². The molecule has 3 aromatic rings. The van der Waals surface area contributed by atoms with Crippen molar-refractivity contribution in [1.82, 2.24) is 15.2 Å². The molecule has 186 valence electrons. The van der Waals surface area contributed by atoms with Crippen LogP contribution in [0.15, 0.2) is 41.3 Å². The van der Waals surface area contributed by atoms with Gasteiger partial charge in [-0.3, -0.25) is 14.9 Å². The van der Waals surface area contributed by atoms with Crippen molar-refractivity contribution in [3.63, 3.8) is 0 Å². The number of aromatic nitrogens is 1. The first kappa shape index (κ1) is 25.5. The van der Waals surface area contributed by atoms with Crippen LogP contribution < -0.4 is 16.4 Å². The molecule has 2 heterocycles. The number of sulfone groups is 1. The molecule has 2 aromatic carbocycles. The van der Waals surface area contributed by atoms with E-state index in [1.807, 2.05) is 0 Å². The standard InChI is InChI=1S/C23H26ClN5O4S2/c1-14-13-29(10-8-26-14)9-3-11-35(32,33)15-6-7-18-19(12-15)34-23(27-18)28-22(31)17-5-2-4-16(20(17)24)21(25)30/h2,4-7,12,14,26H,3,8-11,13H2,1H3,(H2,25,30)(H,27,28,31). The van der Waals surface area contributed by atoms with Gasteiger partial charge in [-0.25, -0.2) is 13.4 Å². The number of primary amides is 1. The number of thiazole rings is 1. The molecule has 1 aliphatic heterocycles. The third-order valence-corrected chi connectivity index (χ3v) is 8.93. The molecule has 1 fully saturated rings. The summed E-state index contributed by atoms with van der Waals surface area (Å²) >= 11 is 7.32. The van der Waals surface area contributed by atoms with Crippen LogP contribution in [-0.2, 0) is 9.84 Å². The zero-order chi connectivity index (χ0) is 25.2. The van der Waals surface area contributed by atoms with Gasteiger partial charge in [-0.05, 0) is 50.2 Å². The van der Waals surface area contributed by atoms with Crippen LogP contribution >= 0.6 is 22.9 Å². The van der Waals surface area contributed by atoms with Crippen LogP contribution in [0, 0.1) is 0 Å². The molecule has 0 radical (unpaired) electrons. The van der Waals surface area contributed by atoms with Gasteiger partial charge in [0, 0.05) is 25.7 Å². The molecule has 2 amide bonds. The maximum Gasteiger partial charge on any atom is 0.258 e. The van der Waals surface area contributed by atoms with E-state index >= 15 is 0 Å². The highest BCUT2D eigenvalue weighted by molar-refractivity contribution is 7.91. The largest absolute Gasteiger partial charge is 0.366 e. The fourth-order valence-corrected chi connectivity index (χ4v) is 6.62. The Hall–Kier alpha value is -2.57. The van der Waals surface area contributed by atoms with Crippen molar-refractivity contribution >= 4 is 59.9 Å². The van der Waals surface area contributed by atoms with E-state index in [0.717, 1.165) is 37.5 Å². The predicted molar refractivity (Wildman–Crippen MR) is 138 cm³/mol. The van der Waals surface area contributed by atoms with Gasteiger partial charge >= 0.3 is 0 Å². The van der Waals surface area contributed by atoms with Crippen LogP contribution in [0.5, 0.6) is 0 Å². The van der Waals surface area contributed by atoms with Crippen molar-refractivity contribution < 1.29 is 18.0 Å². The van der Waals surface area contributed by atoms with Crippen molar-refractivity contribution in [2.45, 2.75) is 24.3 Å². The number of piperazine rings is 1. The van der Waals surface area contributed by atoms with Crippen LogP contribution in [0.4, 0.5) is 5.13 Å². The summed E-state index contributed by atoms with van der Waals surface area (Å²) in [5, 5.41) is 6.28. The van der Waals surface area contributed by atoms with Gasteiger partial charge in [0.2, 0.25) is 5.91 Å². The van der Waals surface area contributed by atoms with Gasteiger partial charge < -0.3 is 16.0 Å². The number of carbonyl (C=O) groups is 2. The first-order chi connectivity index (χ1) is 16.6. The van der Waals surface area contributed by atoms with E-state index in [2.05, 4.69) is 27.4 Å². The summed E-state index contributed by atoms with van der Waals surface area (Å²) in [7, 11) is -3.45. The molecule has 4 N–H and O–H groups in total. The van der Waals surface area contributed by atoms with E-state index in [4.69, 9.17) is 17.3 Å². The number of nitrogens with one attached hydrogen (secondary N) is 2. The zero-order valence-corrected chi connectivity index (χ0v) is 21.5. The fourth-order valence-electron chi connectivity index (χ4n) is 4.03. The van der Waals surface area contributed by atoms with Crippen molar-refractivity contribution in [3.8, 4) is 0 Å². The molecule has 12 heteroatoms. The molecule has 0 aliphatic carbocycles. The third kappa shape index (κ3) is 5.99. The minimum Gasteiger partial charge on any atom is -0.366 e. The molecular weight excluding hydrogens is 510 g/mol. The summed E-state index contributed by atoms with van der Waals surface area (Å²) in [4.78, 5) is 31.1. The Kier molecular flexibility index (Phi) is 7.72. The van der Waals surface area contributed by atoms with Crippen LogP contribution in [0.1, 0.15) is 34.1 Å². The SMILES string of the molecule is CC1CN(CCCS(=O)(=O)c2ccc3nc(NC(=O)c4cccc(C(N)=O)c4Cl)sc3c2)CCN1. The van der Waals surface area contributed by atoms with E-state index in [9.17, 15) is 18.0 Å². The molecule has 1 atom stereocenters. The third-order valence-electron chi connectivity index (χ3n) is 5.79. The van der Waals surface area contributed by atoms with Crippen molar-refractivity contribution in [3.05, 3.63) is 52.5 Å². The van der Waals surface area contributed by atoms with E-state index in [0.29, 0.717) is 22.7 Å². The van der Waals surface area contributed by atoms with Crippen LogP contribution in [-0.4, -0.2) is 68.1 Å². The molecule has 9 nitrogen and oxygen atoms in total. The number of carbonyl (C=O) groups excluding carboxylic acids is 2. The normalized spacial score (nSPS) is 16.9. The highest BCUT2D eigenvalue weighted by Crippen LogP contribution is 2.30. The average Bonchev–Trinajstić information content (AvgIpc) is 3.20. The van der Waals surface area contributed by atoms with Crippen molar-refractivity contribution in [2.75, 3.05) is 37.2 Å². The Morgan fingerprint density at radius 2 is 2.06 bits per heavy atom. The second-order valence-electron chi connectivity index (χ2n) is 8.46. The quantitative estimate of drug-likeness (QED) is 0.403. The summed E-state index contributed by atoms with van der Waals surface area (Å²) in [6.45, 7) is 5.61. The number of halogens is 1. The van der Waals surface area contributed by atoms with Crippen molar-refractivity contribution in [1.29, 1.82) is 0 Å². The van der Waals surface area contributed by atoms with Crippen molar-refractivity contribution in [2.24, 2.45) is 5.73 Å². The molecule has 1 saturated heterocycles. The summed E-state index contributed by atoms with van der Waals surface area (Å²) < 4.78 is 26.4. The number of nitrogens with two attached hydrogens (primary N) is 1. The lowest BCUT2D eigenvalue weighted by Crippen LogP contribution is -2.49. The van der Waals surface area contributed by atoms with Gasteiger partial charge in [-0.15, -0.1) is 0 Å². The molecule has 4 rings (SSSR count). The number of amides is 2. The molecule has 0 saturated carbocycles. The second kappa shape index (κ2) is 10.6. The number of fused-ring (bicyclic) bond motifs is 1. The highest BCUT2D eigenvalue weighted by atomic mass is 35.5. The maximum atomic E-state index is 12.9. The molecule has 0 spiro atoms. The summed E-state index contributed by atoms with van der Waals surface area (Å²) in [6, 6.07) is 9.60. The molecule has 1 aromatic heterocycles. The van der Waals surface area contributed by atoms with Gasteiger partial charge in [-0.2, -0.15) is 0 Å². The van der Waals surface area contributed by atoms with Gasteiger partial charge in [0.05, 0.1) is 37.0 Å². The number of anilines is 1. The number of hydrogen-bond donors (Lipinski definition) is 3. The predicted octanol–water partition coefficient (Wildman–Crippen LogP) is 2.76. The fraction of sp³-hybridized carbons (Fsp3) is 0.348. The van der Waals surface area contributed by atoms with Gasteiger partial charge in [0.25, 0.3) is 5.91 Å². The number of nitrogens with zero attached hydrogens (tertiary/aromatic N) is 2. The van der Waals surface area contributed by atoms with Crippen LogP contribution in [0.25, 0.3) is 10.2 Å². The van der Waals surface area contributed by atoms with Gasteiger partial charge in [0.15, 0.2) is 15.0 Å². The Labute approximate surface area is 212 Å². The van der Waals surface area contributed by atoms with E-state index in [1.165, 1.54) is 18.2 Å². The lowest BCUT2D eigenvalue weighted by Gasteiger charge is -2.31. The summed E-state index contributed by atoms with van der Waals surface area (Å²) in [5.74, 6) is -1.22. The minimum atomic E-state index is -3.45. The second-order valence-corrected chi connectivity index (χ2v) is 12.0. The summed E-state index contributed by atoms with van der Waals surface area (Å²) in [5.41, 5.74) is 5.99. The zero-order valence-electron chi connectivity index (χ0n) is 19.1. The van der Waals surface area contributed by atoms with E-state index < -0.39 is 21.7 Å². The number of hydrogen-bond acceptors (Lipinski definition) is 8. The van der Waals surface area contributed by atoms with Gasteiger partial charge in [-0.1, -0.05) is 29.0 Å². The molecule has 1 unspecified atom stereocenters. The maximum absolute atomic E-state index is 12.9. The molecule has 0 bridgehead atoms. The average molecular weight is 536 g/mol. The molecule has 35 heavy (non-hydrogen) atoms. The van der Waals surface area contributed by atoms with Crippen LogP contribution in [0.3, 0.4) is 0 Å². The van der Waals surface area contributed by atoms with E-state index in [-0.39, 0.29) is 31.9 Å². The van der Waals surface area contributed by atoms with Gasteiger partial charge in [0.1, 0.15) is 0 Å². The highest BCUT2D eigenvalue weighted by Gasteiger charge is 2.20. The Morgan fingerprint density at radius 3 is 2.80 bits per heavy atom. The first-order valence-corrected chi connectivity index (χ1v) is 14.0. The Bertz CT molecular complexity index is 1380. The minimum absolute atomic E-state index is 0.0396. The van der Waals surface area contributed by atoms with Crippen LogP contribution in [0.2, 0.25) is 5.02 Å². The summed E-state index contributed by atoms with van der Waals surface area (Å²) in [6.07, 6.45) is 0.558. The monoisotopic (exact) mass is 535 g/mol. The molecule has 1 aliphatic rings. The first-order valence-electron chi connectivity index (χ1n) is 11.1. The number of rotatable bonds is 8. The lowest BCUT2D eigenvalue weighted by molar-refractivity contribution is 0.100. The molecular formula is C23H26ClN5O4S2. The topological polar surface area (TPSA) is 134 Å². The Balaban J connectivity index is 1.45. The smallest absolute Gasteiger partial charge is 0.258 e. The Morgan fingerprint density at radius 1 is 1.29 bits per heavy atom. The lowest BCUT2D eigenvalue weighted by atomic mass is 10.1.